The Morgan fingerprint density at radius 3 is 2.48 bits per heavy atom. The summed E-state index contributed by atoms with van der Waals surface area (Å²) in [5.74, 6) is 0.489. The van der Waals surface area contributed by atoms with E-state index in [-0.39, 0.29) is 12.5 Å². The number of urea groups is 1. The van der Waals surface area contributed by atoms with E-state index >= 15 is 0 Å². The van der Waals surface area contributed by atoms with Crippen molar-refractivity contribution in [3.8, 4) is 11.3 Å². The van der Waals surface area contributed by atoms with Gasteiger partial charge in [-0.05, 0) is 63.4 Å². The van der Waals surface area contributed by atoms with Crippen LogP contribution in [-0.4, -0.2) is 103 Å². The number of nitrogens with one attached hydrogen (secondary N) is 1. The number of morpholine rings is 1. The van der Waals surface area contributed by atoms with Crippen LogP contribution in [0.5, 0.6) is 0 Å². The molecule has 3 fully saturated rings. The van der Waals surface area contributed by atoms with Crippen molar-refractivity contribution in [1.29, 1.82) is 0 Å². The Bertz CT molecular complexity index is 1680. The van der Waals surface area contributed by atoms with Crippen LogP contribution in [0.2, 0.25) is 25.7 Å². The molecule has 48 heavy (non-hydrogen) atoms. The number of rotatable bonds is 8. The zero-order valence-electron chi connectivity index (χ0n) is 28.9. The molecule has 6 rings (SSSR count). The first-order valence-corrected chi connectivity index (χ1v) is 20.5. The quantitative estimate of drug-likeness (QED) is 0.197. The highest BCUT2D eigenvalue weighted by atomic mass is 28.3. The van der Waals surface area contributed by atoms with E-state index in [1.165, 1.54) is 9.80 Å². The molecule has 3 aliphatic rings. The van der Waals surface area contributed by atoms with Crippen LogP contribution in [0, 0.1) is 0 Å². The highest BCUT2D eigenvalue weighted by Gasteiger charge is 2.54. The van der Waals surface area contributed by atoms with Crippen molar-refractivity contribution in [2.75, 3.05) is 55.8 Å². The van der Waals surface area contributed by atoms with Gasteiger partial charge in [-0.25, -0.2) is 24.5 Å². The fraction of sp³-hybridized carbons (Fsp3) is 0.559. The van der Waals surface area contributed by atoms with Crippen molar-refractivity contribution >= 4 is 48.6 Å². The third-order valence-corrected chi connectivity index (χ3v) is 10.6. The lowest BCUT2D eigenvalue weighted by Crippen LogP contribution is -2.60. The molecular weight excluding hydrogens is 631 g/mol. The van der Waals surface area contributed by atoms with Gasteiger partial charge in [0.2, 0.25) is 0 Å². The second-order valence-electron chi connectivity index (χ2n) is 15.0. The number of likely N-dealkylation sites (tertiary alicyclic amines) is 1. The predicted octanol–water partition coefficient (Wildman–Crippen LogP) is 5.07. The summed E-state index contributed by atoms with van der Waals surface area (Å²) in [7, 11) is -1.28. The molecule has 14 heteroatoms. The number of nitrogens with zero attached hydrogens (tertiary/aromatic N) is 6. The minimum atomic E-state index is -1.28. The summed E-state index contributed by atoms with van der Waals surface area (Å²) < 4.78 is 19.4. The van der Waals surface area contributed by atoms with Crippen LogP contribution in [0.4, 0.5) is 21.1 Å². The molecule has 1 unspecified atom stereocenters. The van der Waals surface area contributed by atoms with E-state index in [1.54, 1.807) is 39.2 Å². The largest absolute Gasteiger partial charge is 0.444 e. The Balaban J connectivity index is 1.27. The summed E-state index contributed by atoms with van der Waals surface area (Å²) in [6, 6.07) is 10.0. The van der Waals surface area contributed by atoms with Gasteiger partial charge in [0.05, 0.1) is 36.5 Å². The Morgan fingerprint density at radius 1 is 1.06 bits per heavy atom. The molecule has 3 saturated heterocycles. The maximum Gasteiger partial charge on any atom is 0.410 e. The first kappa shape index (κ1) is 33.9. The molecule has 0 saturated carbocycles. The molecule has 0 aliphatic carbocycles. The van der Waals surface area contributed by atoms with E-state index in [9.17, 15) is 14.4 Å². The van der Waals surface area contributed by atoms with Crippen LogP contribution < -0.4 is 15.1 Å². The molecule has 3 aliphatic heterocycles. The van der Waals surface area contributed by atoms with Gasteiger partial charge in [0.15, 0.2) is 0 Å². The van der Waals surface area contributed by atoms with Gasteiger partial charge in [0, 0.05) is 34.3 Å². The number of hydrogen-bond acceptors (Lipinski definition) is 9. The highest BCUT2D eigenvalue weighted by Crippen LogP contribution is 2.36. The van der Waals surface area contributed by atoms with Crippen molar-refractivity contribution in [3.05, 3.63) is 36.7 Å². The molecule has 2 aromatic heterocycles. The molecule has 3 aromatic rings. The molecule has 4 amide bonds. The monoisotopic (exact) mass is 677 g/mol. The van der Waals surface area contributed by atoms with E-state index in [2.05, 4.69) is 50.5 Å². The summed E-state index contributed by atoms with van der Waals surface area (Å²) in [4.78, 5) is 54.3. The zero-order chi connectivity index (χ0) is 34.3. The third kappa shape index (κ3) is 7.06. The van der Waals surface area contributed by atoms with Gasteiger partial charge in [0.1, 0.15) is 35.7 Å². The maximum absolute atomic E-state index is 13.9. The number of carbonyl (C=O) groups is 3. The van der Waals surface area contributed by atoms with Crippen molar-refractivity contribution in [1.82, 2.24) is 24.8 Å². The molecule has 1 spiro atoms. The number of piperidine rings is 1. The van der Waals surface area contributed by atoms with E-state index in [1.807, 2.05) is 12.1 Å². The zero-order valence-corrected chi connectivity index (χ0v) is 29.9. The standard InChI is InChI=1S/C34H47N7O6Si/c1-33(2,3)47-32(44)39-13-7-12-34(21-39)30(42)41(31(43)37-34)25-10-8-24(9-11-25)27-20-26-28(38-14-16-45-17-15-38)35-22-36-29(26)40(27)23-46-18-19-48(4,5)6/h8-11,20,22H,7,12-19,21,23H2,1-6H3,(H,37,43). The normalized spacial score (nSPS) is 20.6. The molecule has 258 valence electrons. The van der Waals surface area contributed by atoms with Crippen molar-refractivity contribution in [3.63, 3.8) is 0 Å². The summed E-state index contributed by atoms with van der Waals surface area (Å²) in [6.07, 6.45) is 2.11. The average molecular weight is 678 g/mol. The lowest BCUT2D eigenvalue weighted by atomic mass is 9.89. The van der Waals surface area contributed by atoms with Crippen LogP contribution in [0.25, 0.3) is 22.3 Å². The Labute approximate surface area is 282 Å². The topological polar surface area (TPSA) is 131 Å². The fourth-order valence-electron chi connectivity index (χ4n) is 6.43. The lowest BCUT2D eigenvalue weighted by molar-refractivity contribution is -0.123. The van der Waals surface area contributed by atoms with Gasteiger partial charge in [-0.1, -0.05) is 31.8 Å². The number of aromatic nitrogens is 3. The summed E-state index contributed by atoms with van der Waals surface area (Å²) in [5, 5.41) is 3.83. The van der Waals surface area contributed by atoms with Crippen LogP contribution in [0.15, 0.2) is 36.7 Å². The highest BCUT2D eigenvalue weighted by molar-refractivity contribution is 6.76. The van der Waals surface area contributed by atoms with Gasteiger partial charge >= 0.3 is 12.1 Å². The van der Waals surface area contributed by atoms with Crippen molar-refractivity contribution in [2.24, 2.45) is 0 Å². The number of imide groups is 1. The number of benzene rings is 1. The van der Waals surface area contributed by atoms with Crippen molar-refractivity contribution in [2.45, 2.75) is 77.2 Å². The lowest BCUT2D eigenvalue weighted by Gasteiger charge is -2.38. The number of amides is 4. The van der Waals surface area contributed by atoms with Gasteiger partial charge in [-0.3, -0.25) is 4.79 Å². The van der Waals surface area contributed by atoms with Crippen molar-refractivity contribution < 1.29 is 28.6 Å². The Hall–Kier alpha value is -4.01. The third-order valence-electron chi connectivity index (χ3n) is 8.92. The fourth-order valence-corrected chi connectivity index (χ4v) is 7.19. The molecule has 1 aromatic carbocycles. The summed E-state index contributed by atoms with van der Waals surface area (Å²) >= 11 is 0. The Morgan fingerprint density at radius 2 is 1.79 bits per heavy atom. The number of fused-ring (bicyclic) bond motifs is 1. The smallest absolute Gasteiger partial charge is 0.410 e. The molecule has 0 bridgehead atoms. The molecular formula is C34H47N7O6Si. The number of carbonyl (C=O) groups excluding carboxylic acids is 3. The summed E-state index contributed by atoms with van der Waals surface area (Å²) in [6.45, 7) is 16.7. The van der Waals surface area contributed by atoms with Crippen LogP contribution in [0.3, 0.4) is 0 Å². The van der Waals surface area contributed by atoms with E-state index < -0.39 is 31.3 Å². The van der Waals surface area contributed by atoms with Crippen LogP contribution >= 0.6 is 0 Å². The van der Waals surface area contributed by atoms with E-state index in [0.29, 0.717) is 51.6 Å². The van der Waals surface area contributed by atoms with E-state index in [0.717, 1.165) is 47.2 Å². The van der Waals surface area contributed by atoms with Gasteiger partial charge < -0.3 is 33.9 Å². The second kappa shape index (κ2) is 13.1. The molecule has 0 radical (unpaired) electrons. The van der Waals surface area contributed by atoms with Gasteiger partial charge in [-0.2, -0.15) is 0 Å². The number of ether oxygens (including phenoxy) is 3. The predicted molar refractivity (Wildman–Crippen MR) is 186 cm³/mol. The summed E-state index contributed by atoms with van der Waals surface area (Å²) in [5.41, 5.74) is 1.15. The average Bonchev–Trinajstić information content (AvgIpc) is 3.52. The van der Waals surface area contributed by atoms with Crippen LogP contribution in [0.1, 0.15) is 33.6 Å². The second-order valence-corrected chi connectivity index (χ2v) is 20.7. The first-order valence-electron chi connectivity index (χ1n) is 16.7. The van der Waals surface area contributed by atoms with Gasteiger partial charge in [-0.15, -0.1) is 0 Å². The van der Waals surface area contributed by atoms with E-state index in [4.69, 9.17) is 14.2 Å². The first-order chi connectivity index (χ1) is 22.7. The molecule has 13 nitrogen and oxygen atoms in total. The molecule has 1 atom stereocenters. The molecule has 5 heterocycles. The minimum absolute atomic E-state index is 0.0609. The maximum atomic E-state index is 13.9. The number of hydrogen-bond donors (Lipinski definition) is 1. The van der Waals surface area contributed by atoms with Crippen LogP contribution in [-0.2, 0) is 25.7 Å². The SMILES string of the molecule is CC(C)(C)OC(=O)N1CCCC2(C1)NC(=O)N(c1ccc(-c3cc4c(N5CCOCC5)ncnc4n3COCC[Si](C)(C)C)cc1)C2=O. The Kier molecular flexibility index (Phi) is 9.26. The van der Waals surface area contributed by atoms with Gasteiger partial charge in [0.25, 0.3) is 5.91 Å². The number of anilines is 2. The molecule has 1 N–H and O–H groups in total. The minimum Gasteiger partial charge on any atom is -0.444 e.